The molecule has 0 amide bonds. The topological polar surface area (TPSA) is 26.0 Å². The zero-order valence-electron chi connectivity index (χ0n) is 8.59. The van der Waals surface area contributed by atoms with Gasteiger partial charge in [-0.15, -0.1) is 11.8 Å². The van der Waals surface area contributed by atoms with Crippen molar-refractivity contribution in [2.75, 3.05) is 12.3 Å². The first-order valence-electron chi connectivity index (χ1n) is 4.81. The molecule has 1 unspecified atom stereocenters. The lowest BCUT2D eigenvalue weighted by molar-refractivity contribution is 0.773. The van der Waals surface area contributed by atoms with E-state index in [1.807, 2.05) is 6.07 Å². The van der Waals surface area contributed by atoms with Crippen molar-refractivity contribution in [3.05, 3.63) is 28.8 Å². The Kier molecular flexibility index (Phi) is 4.79. The van der Waals surface area contributed by atoms with Crippen LogP contribution in [0.25, 0.3) is 0 Å². The summed E-state index contributed by atoms with van der Waals surface area (Å²) in [5.41, 5.74) is 6.82. The van der Waals surface area contributed by atoms with Gasteiger partial charge in [-0.3, -0.25) is 0 Å². The molecule has 0 fully saturated rings. The number of thioether (sulfide) groups is 1. The Bertz CT molecular complexity index is 301. The monoisotopic (exact) mass is 229 g/mol. The molecule has 0 aromatic heterocycles. The molecular weight excluding hydrogens is 214 g/mol. The Hall–Kier alpha value is -0.180. The lowest BCUT2D eigenvalue weighted by atomic mass is 10.0. The van der Waals surface area contributed by atoms with E-state index in [9.17, 15) is 0 Å². The summed E-state index contributed by atoms with van der Waals surface area (Å²) in [4.78, 5) is 1.15. The molecule has 2 N–H and O–H groups in total. The second-order valence-corrected chi connectivity index (χ2v) is 4.97. The van der Waals surface area contributed by atoms with Crippen LogP contribution < -0.4 is 5.73 Å². The fraction of sp³-hybridized carbons (Fsp3) is 0.455. The molecule has 1 atom stereocenters. The molecule has 1 nitrogen and oxygen atoms in total. The summed E-state index contributed by atoms with van der Waals surface area (Å²) in [5.74, 6) is 1.43. The highest BCUT2D eigenvalue weighted by Crippen LogP contribution is 2.29. The van der Waals surface area contributed by atoms with E-state index in [0.717, 1.165) is 15.7 Å². The van der Waals surface area contributed by atoms with Gasteiger partial charge < -0.3 is 5.73 Å². The first kappa shape index (κ1) is 11.9. The van der Waals surface area contributed by atoms with E-state index in [2.05, 4.69) is 26.0 Å². The van der Waals surface area contributed by atoms with Crippen molar-refractivity contribution in [1.29, 1.82) is 0 Å². The van der Waals surface area contributed by atoms with Crippen LogP contribution in [0.5, 0.6) is 0 Å². The van der Waals surface area contributed by atoms with E-state index in [1.54, 1.807) is 11.8 Å². The van der Waals surface area contributed by atoms with Crippen LogP contribution in [0.15, 0.2) is 23.1 Å². The molecule has 0 heterocycles. The molecule has 0 aliphatic carbocycles. The predicted octanol–water partition coefficient (Wildman–Crippen LogP) is 3.51. The van der Waals surface area contributed by atoms with Crippen LogP contribution in [0, 0.1) is 0 Å². The molecular formula is C11H16ClNS. The van der Waals surface area contributed by atoms with E-state index in [4.69, 9.17) is 17.3 Å². The fourth-order valence-electron chi connectivity index (χ4n) is 1.23. The molecule has 78 valence electrons. The second-order valence-electron chi connectivity index (χ2n) is 3.26. The zero-order chi connectivity index (χ0) is 10.6. The number of hydrogen-bond acceptors (Lipinski definition) is 2. The van der Waals surface area contributed by atoms with Gasteiger partial charge >= 0.3 is 0 Å². The normalized spacial score (nSPS) is 12.9. The Morgan fingerprint density at radius 3 is 2.71 bits per heavy atom. The van der Waals surface area contributed by atoms with Gasteiger partial charge in [-0.2, -0.15) is 0 Å². The van der Waals surface area contributed by atoms with Crippen LogP contribution >= 0.6 is 23.4 Å². The predicted molar refractivity (Wildman–Crippen MR) is 65.3 cm³/mol. The van der Waals surface area contributed by atoms with Crippen molar-refractivity contribution in [3.8, 4) is 0 Å². The Morgan fingerprint density at radius 2 is 2.21 bits per heavy atom. The largest absolute Gasteiger partial charge is 0.330 e. The summed E-state index contributed by atoms with van der Waals surface area (Å²) in [7, 11) is 0. The first-order valence-corrected chi connectivity index (χ1v) is 6.17. The minimum atomic E-state index is 0.383. The Labute approximate surface area is 95.0 Å². The number of benzene rings is 1. The van der Waals surface area contributed by atoms with E-state index in [1.165, 1.54) is 5.56 Å². The third-order valence-corrected chi connectivity index (χ3v) is 3.56. The second kappa shape index (κ2) is 5.64. The Balaban J connectivity index is 2.88. The van der Waals surface area contributed by atoms with Crippen molar-refractivity contribution in [1.82, 2.24) is 0 Å². The maximum atomic E-state index is 6.15. The first-order chi connectivity index (χ1) is 6.69. The summed E-state index contributed by atoms with van der Waals surface area (Å²) in [6.45, 7) is 4.90. The van der Waals surface area contributed by atoms with Gasteiger partial charge in [0.2, 0.25) is 0 Å². The van der Waals surface area contributed by atoms with Crippen molar-refractivity contribution in [2.24, 2.45) is 5.73 Å². The van der Waals surface area contributed by atoms with E-state index >= 15 is 0 Å². The highest BCUT2D eigenvalue weighted by atomic mass is 35.5. The van der Waals surface area contributed by atoms with Gasteiger partial charge in [0.05, 0.1) is 5.02 Å². The SMILES string of the molecule is CCSc1ccc(C(C)CN)cc1Cl. The van der Waals surface area contributed by atoms with Crippen molar-refractivity contribution >= 4 is 23.4 Å². The number of nitrogens with two attached hydrogens (primary N) is 1. The van der Waals surface area contributed by atoms with Gasteiger partial charge in [0.1, 0.15) is 0 Å². The molecule has 1 aromatic carbocycles. The van der Waals surface area contributed by atoms with Crippen molar-refractivity contribution in [2.45, 2.75) is 24.7 Å². The quantitative estimate of drug-likeness (QED) is 0.800. The smallest absolute Gasteiger partial charge is 0.0544 e. The van der Waals surface area contributed by atoms with Gasteiger partial charge in [0.15, 0.2) is 0 Å². The van der Waals surface area contributed by atoms with E-state index < -0.39 is 0 Å². The summed E-state index contributed by atoms with van der Waals surface area (Å²) >= 11 is 7.91. The standard InChI is InChI=1S/C11H16ClNS/c1-3-14-11-5-4-9(6-10(11)12)8(2)7-13/h4-6,8H,3,7,13H2,1-2H3. The highest BCUT2D eigenvalue weighted by Gasteiger charge is 2.06. The zero-order valence-corrected chi connectivity index (χ0v) is 10.2. The summed E-state index contributed by atoms with van der Waals surface area (Å²) < 4.78 is 0. The number of halogens is 1. The molecule has 1 rings (SSSR count). The minimum absolute atomic E-state index is 0.383. The third kappa shape index (κ3) is 2.91. The van der Waals surface area contributed by atoms with Gasteiger partial charge in [-0.1, -0.05) is 31.5 Å². The Morgan fingerprint density at radius 1 is 1.50 bits per heavy atom. The van der Waals surface area contributed by atoms with Crippen molar-refractivity contribution < 1.29 is 0 Å². The molecule has 14 heavy (non-hydrogen) atoms. The molecule has 0 aliphatic heterocycles. The highest BCUT2D eigenvalue weighted by molar-refractivity contribution is 7.99. The summed E-state index contributed by atoms with van der Waals surface area (Å²) in [6.07, 6.45) is 0. The van der Waals surface area contributed by atoms with Crippen LogP contribution in [-0.4, -0.2) is 12.3 Å². The maximum Gasteiger partial charge on any atom is 0.0544 e. The maximum absolute atomic E-state index is 6.15. The third-order valence-electron chi connectivity index (χ3n) is 2.18. The van der Waals surface area contributed by atoms with Gasteiger partial charge in [0.25, 0.3) is 0 Å². The van der Waals surface area contributed by atoms with Crippen molar-refractivity contribution in [3.63, 3.8) is 0 Å². The van der Waals surface area contributed by atoms with Crippen LogP contribution in [0.1, 0.15) is 25.3 Å². The summed E-state index contributed by atoms with van der Waals surface area (Å²) in [6, 6.07) is 6.22. The lowest BCUT2D eigenvalue weighted by Crippen LogP contribution is -2.08. The molecule has 0 saturated heterocycles. The molecule has 1 aromatic rings. The minimum Gasteiger partial charge on any atom is -0.330 e. The van der Waals surface area contributed by atoms with E-state index in [0.29, 0.717) is 12.5 Å². The molecule has 0 aliphatic rings. The molecule has 0 saturated carbocycles. The van der Waals surface area contributed by atoms with E-state index in [-0.39, 0.29) is 0 Å². The van der Waals surface area contributed by atoms with Gasteiger partial charge in [0, 0.05) is 4.90 Å². The van der Waals surface area contributed by atoms with Gasteiger partial charge in [-0.25, -0.2) is 0 Å². The molecule has 0 radical (unpaired) electrons. The molecule has 3 heteroatoms. The molecule has 0 bridgehead atoms. The van der Waals surface area contributed by atoms with Crippen LogP contribution in [0.2, 0.25) is 5.02 Å². The average molecular weight is 230 g/mol. The average Bonchev–Trinajstić information content (AvgIpc) is 2.20. The number of rotatable bonds is 4. The van der Waals surface area contributed by atoms with Crippen LogP contribution in [-0.2, 0) is 0 Å². The van der Waals surface area contributed by atoms with Crippen LogP contribution in [0.3, 0.4) is 0 Å². The fourth-order valence-corrected chi connectivity index (χ4v) is 2.26. The lowest BCUT2D eigenvalue weighted by Gasteiger charge is -2.10. The van der Waals surface area contributed by atoms with Gasteiger partial charge in [-0.05, 0) is 35.9 Å². The summed E-state index contributed by atoms with van der Waals surface area (Å²) in [5, 5.41) is 0.842. The molecule has 0 spiro atoms. The van der Waals surface area contributed by atoms with Crippen LogP contribution in [0.4, 0.5) is 0 Å². The number of hydrogen-bond donors (Lipinski definition) is 1.